The van der Waals surface area contributed by atoms with E-state index in [0.29, 0.717) is 24.5 Å². The van der Waals surface area contributed by atoms with Crippen LogP contribution in [-0.4, -0.2) is 44.4 Å². The molecule has 0 aromatic carbocycles. The minimum absolute atomic E-state index is 0. The normalized spacial score (nSPS) is 19.5. The third-order valence-electron chi connectivity index (χ3n) is 3.33. The summed E-state index contributed by atoms with van der Waals surface area (Å²) >= 11 is 0. The molecule has 126 valence electrons. The van der Waals surface area contributed by atoms with Gasteiger partial charge in [-0.05, 0) is 25.0 Å². The van der Waals surface area contributed by atoms with Gasteiger partial charge in [0, 0.05) is 6.54 Å². The molecule has 0 radical (unpaired) electrons. The fraction of sp³-hybridized carbons (Fsp3) is 0.385. The number of nitrogens with one attached hydrogen (secondary N) is 1. The van der Waals surface area contributed by atoms with E-state index in [4.69, 9.17) is 10.5 Å². The number of rotatable bonds is 4. The van der Waals surface area contributed by atoms with Crippen LogP contribution in [0.3, 0.4) is 0 Å². The van der Waals surface area contributed by atoms with E-state index in [-0.39, 0.29) is 36.8 Å². The average Bonchev–Trinajstić information content (AvgIpc) is 3.19. The van der Waals surface area contributed by atoms with Crippen molar-refractivity contribution < 1.29 is 9.53 Å². The highest BCUT2D eigenvalue weighted by Gasteiger charge is 2.29. The fourth-order valence-electron chi connectivity index (χ4n) is 2.22. The summed E-state index contributed by atoms with van der Waals surface area (Å²) in [6.07, 6.45) is 5.62. The maximum Gasteiger partial charge on any atom is 0.253 e. The number of pyridine rings is 1. The van der Waals surface area contributed by atoms with E-state index < -0.39 is 6.10 Å². The summed E-state index contributed by atoms with van der Waals surface area (Å²) < 4.78 is 7.09. The maximum atomic E-state index is 12.1. The van der Waals surface area contributed by atoms with Crippen molar-refractivity contribution in [1.82, 2.24) is 19.7 Å². The number of ether oxygens (including phenoxy) is 1. The van der Waals surface area contributed by atoms with E-state index in [2.05, 4.69) is 20.4 Å². The maximum absolute atomic E-state index is 12.1. The van der Waals surface area contributed by atoms with Crippen molar-refractivity contribution in [3.63, 3.8) is 0 Å². The molecule has 1 fully saturated rings. The topological polar surface area (TPSA) is 108 Å². The lowest BCUT2D eigenvalue weighted by Gasteiger charge is -2.12. The number of nitrogens with zero attached hydrogens (tertiary/aromatic N) is 4. The summed E-state index contributed by atoms with van der Waals surface area (Å²) in [5, 5.41) is 6.77. The molecule has 1 aliphatic rings. The van der Waals surface area contributed by atoms with Gasteiger partial charge in [0.15, 0.2) is 5.82 Å². The largest absolute Gasteiger partial charge is 0.364 e. The molecule has 10 heteroatoms. The third-order valence-corrected chi connectivity index (χ3v) is 3.33. The predicted octanol–water partition coefficient (Wildman–Crippen LogP) is 0.951. The summed E-state index contributed by atoms with van der Waals surface area (Å²) in [5.41, 5.74) is 6.15. The Morgan fingerprint density at radius 2 is 2.22 bits per heavy atom. The molecule has 2 aromatic rings. The first kappa shape index (κ1) is 19.3. The lowest BCUT2D eigenvalue weighted by Crippen LogP contribution is -2.29. The van der Waals surface area contributed by atoms with E-state index in [1.165, 1.54) is 11.0 Å². The first-order valence-corrected chi connectivity index (χ1v) is 6.73. The Balaban J connectivity index is 0.00000132. The summed E-state index contributed by atoms with van der Waals surface area (Å²) in [4.78, 5) is 20.1. The Bertz CT molecular complexity index is 607. The van der Waals surface area contributed by atoms with E-state index in [9.17, 15) is 4.79 Å². The van der Waals surface area contributed by atoms with Gasteiger partial charge in [-0.15, -0.1) is 24.8 Å². The SMILES string of the molecule is Cl.Cl.NC[C@H]1CC[C@@H](C(=O)Nc2ccc(-n3cncn3)nc2)O1. The summed E-state index contributed by atoms with van der Waals surface area (Å²) in [7, 11) is 0. The molecule has 3 rings (SSSR count). The fourth-order valence-corrected chi connectivity index (χ4v) is 2.22. The van der Waals surface area contributed by atoms with Gasteiger partial charge >= 0.3 is 0 Å². The van der Waals surface area contributed by atoms with E-state index in [1.807, 2.05) is 0 Å². The van der Waals surface area contributed by atoms with Crippen LogP contribution >= 0.6 is 24.8 Å². The first-order chi connectivity index (χ1) is 10.3. The number of hydrogen-bond acceptors (Lipinski definition) is 6. The van der Waals surface area contributed by atoms with Crippen LogP contribution in [0.4, 0.5) is 5.69 Å². The standard InChI is InChI=1S/C13H16N6O2.2ClH/c14-5-10-2-3-11(21-10)13(20)18-9-1-4-12(16-6-9)19-8-15-7-17-19;;/h1,4,6-8,10-11H,2-3,5,14H2,(H,18,20);2*1H/t10-,11+;;/m1../s1. The highest BCUT2D eigenvalue weighted by Crippen LogP contribution is 2.20. The van der Waals surface area contributed by atoms with Gasteiger partial charge in [-0.25, -0.2) is 14.6 Å². The Labute approximate surface area is 145 Å². The summed E-state index contributed by atoms with van der Waals surface area (Å²) in [6.45, 7) is 0.442. The van der Waals surface area contributed by atoms with Crippen LogP contribution < -0.4 is 11.1 Å². The van der Waals surface area contributed by atoms with Gasteiger partial charge in [0.1, 0.15) is 18.8 Å². The smallest absolute Gasteiger partial charge is 0.253 e. The zero-order valence-corrected chi connectivity index (χ0v) is 13.8. The number of nitrogens with two attached hydrogens (primary N) is 1. The molecule has 2 aromatic heterocycles. The molecule has 8 nitrogen and oxygen atoms in total. The number of carbonyl (C=O) groups excluding carboxylic acids is 1. The molecule has 1 saturated heterocycles. The van der Waals surface area contributed by atoms with E-state index in [0.717, 1.165) is 6.42 Å². The minimum Gasteiger partial charge on any atom is -0.364 e. The number of amides is 1. The number of aromatic nitrogens is 4. The van der Waals surface area contributed by atoms with E-state index in [1.54, 1.807) is 24.7 Å². The lowest BCUT2D eigenvalue weighted by molar-refractivity contribution is -0.126. The Morgan fingerprint density at radius 3 is 2.78 bits per heavy atom. The van der Waals surface area contributed by atoms with Crippen molar-refractivity contribution in [1.29, 1.82) is 0 Å². The van der Waals surface area contributed by atoms with Crippen LogP contribution in [0.2, 0.25) is 0 Å². The number of hydrogen-bond donors (Lipinski definition) is 2. The third kappa shape index (κ3) is 4.61. The molecule has 0 spiro atoms. The van der Waals surface area contributed by atoms with Gasteiger partial charge in [-0.1, -0.05) is 0 Å². The molecule has 1 amide bonds. The van der Waals surface area contributed by atoms with Gasteiger partial charge in [-0.2, -0.15) is 5.10 Å². The van der Waals surface area contributed by atoms with Crippen molar-refractivity contribution in [2.24, 2.45) is 5.73 Å². The van der Waals surface area contributed by atoms with Crippen molar-refractivity contribution in [3.8, 4) is 5.82 Å². The molecule has 2 atom stereocenters. The molecule has 23 heavy (non-hydrogen) atoms. The highest BCUT2D eigenvalue weighted by atomic mass is 35.5. The Morgan fingerprint density at radius 1 is 1.39 bits per heavy atom. The molecular weight excluding hydrogens is 343 g/mol. The van der Waals surface area contributed by atoms with Gasteiger partial charge in [0.25, 0.3) is 5.91 Å². The highest BCUT2D eigenvalue weighted by molar-refractivity contribution is 5.94. The van der Waals surface area contributed by atoms with Gasteiger partial charge in [0.2, 0.25) is 0 Å². The minimum atomic E-state index is -0.437. The Hall–Kier alpha value is -1.74. The number of anilines is 1. The second kappa shape index (κ2) is 8.78. The molecule has 0 aliphatic carbocycles. The monoisotopic (exact) mass is 360 g/mol. The lowest BCUT2D eigenvalue weighted by atomic mass is 10.2. The molecule has 3 N–H and O–H groups in total. The van der Waals surface area contributed by atoms with Crippen LogP contribution in [0, 0.1) is 0 Å². The predicted molar refractivity (Wildman–Crippen MR) is 89.2 cm³/mol. The molecule has 1 aliphatic heterocycles. The van der Waals surface area contributed by atoms with Crippen molar-refractivity contribution >= 4 is 36.4 Å². The van der Waals surface area contributed by atoms with Crippen LogP contribution in [-0.2, 0) is 9.53 Å². The summed E-state index contributed by atoms with van der Waals surface area (Å²) in [6, 6.07) is 3.51. The van der Waals surface area contributed by atoms with Crippen molar-refractivity contribution in [2.45, 2.75) is 25.0 Å². The van der Waals surface area contributed by atoms with Gasteiger partial charge < -0.3 is 15.8 Å². The molecular formula is C13H18Cl2N6O2. The molecule has 0 saturated carbocycles. The first-order valence-electron chi connectivity index (χ1n) is 6.73. The van der Waals surface area contributed by atoms with Crippen molar-refractivity contribution in [3.05, 3.63) is 31.0 Å². The zero-order chi connectivity index (χ0) is 14.7. The van der Waals surface area contributed by atoms with Crippen LogP contribution in [0.1, 0.15) is 12.8 Å². The van der Waals surface area contributed by atoms with Crippen LogP contribution in [0.15, 0.2) is 31.0 Å². The summed E-state index contributed by atoms with van der Waals surface area (Å²) in [5.74, 6) is 0.465. The second-order valence-corrected chi connectivity index (χ2v) is 4.79. The zero-order valence-electron chi connectivity index (χ0n) is 12.2. The van der Waals surface area contributed by atoms with E-state index >= 15 is 0 Å². The average molecular weight is 361 g/mol. The number of carbonyl (C=O) groups is 1. The molecule has 0 bridgehead atoms. The van der Waals surface area contributed by atoms with Gasteiger partial charge in [0.05, 0.1) is 18.0 Å². The Kier molecular flexibility index (Phi) is 7.37. The molecule has 0 unspecified atom stereocenters. The van der Waals surface area contributed by atoms with Gasteiger partial charge in [-0.3, -0.25) is 4.79 Å². The molecule has 3 heterocycles. The van der Waals surface area contributed by atoms with Crippen LogP contribution in [0.25, 0.3) is 5.82 Å². The van der Waals surface area contributed by atoms with Crippen LogP contribution in [0.5, 0.6) is 0 Å². The quantitative estimate of drug-likeness (QED) is 0.840. The number of halogens is 2. The van der Waals surface area contributed by atoms with Crippen molar-refractivity contribution in [2.75, 3.05) is 11.9 Å². The second-order valence-electron chi connectivity index (χ2n) is 4.79.